The number of nitrogens with zero attached hydrogens (tertiary/aromatic N) is 1. The molecule has 76 valence electrons. The van der Waals surface area contributed by atoms with Crippen molar-refractivity contribution in [3.05, 3.63) is 28.2 Å². The van der Waals surface area contributed by atoms with Crippen molar-refractivity contribution in [2.24, 2.45) is 0 Å². The van der Waals surface area contributed by atoms with Crippen molar-refractivity contribution < 1.29 is 14.3 Å². The van der Waals surface area contributed by atoms with Crippen LogP contribution < -0.4 is 0 Å². The summed E-state index contributed by atoms with van der Waals surface area (Å²) in [6.07, 6.45) is 1.44. The number of hydrogen-bond acceptors (Lipinski definition) is 2. The number of carboxylic acids is 1. The number of carboxylic acid groups (broad SMARTS) is 1. The fourth-order valence-electron chi connectivity index (χ4n) is 1.17. The molecule has 1 rings (SSSR count). The minimum absolute atomic E-state index is 0.362. The Morgan fingerprint density at radius 1 is 1.79 bits per heavy atom. The second-order valence-corrected chi connectivity index (χ2v) is 3.67. The first kappa shape index (κ1) is 11.1. The van der Waals surface area contributed by atoms with Gasteiger partial charge in [0, 0.05) is 4.47 Å². The molecule has 0 aliphatic heterocycles. The van der Waals surface area contributed by atoms with Gasteiger partial charge in [-0.3, -0.25) is 9.78 Å². The number of aromatic nitrogens is 1. The van der Waals surface area contributed by atoms with Gasteiger partial charge in [-0.2, -0.15) is 0 Å². The molecular formula is C9H9BrFNO2. The smallest absolute Gasteiger partial charge is 0.312 e. The van der Waals surface area contributed by atoms with E-state index < -0.39 is 17.7 Å². The lowest BCUT2D eigenvalue weighted by molar-refractivity contribution is -0.139. The summed E-state index contributed by atoms with van der Waals surface area (Å²) < 4.78 is 13.1. The molecule has 3 nitrogen and oxygen atoms in total. The Bertz CT molecular complexity index is 357. The van der Waals surface area contributed by atoms with Gasteiger partial charge in [-0.05, 0) is 28.4 Å². The number of rotatable bonds is 3. The molecule has 1 atom stereocenters. The van der Waals surface area contributed by atoms with Crippen LogP contribution in [0.15, 0.2) is 16.7 Å². The maximum atomic E-state index is 12.7. The van der Waals surface area contributed by atoms with Crippen LogP contribution in [0, 0.1) is 5.82 Å². The predicted octanol–water partition coefficient (Wildman–Crippen LogP) is 2.56. The molecule has 1 N–H and O–H groups in total. The fraction of sp³-hybridized carbons (Fsp3) is 0.333. The van der Waals surface area contributed by atoms with Crippen LogP contribution in [0.2, 0.25) is 0 Å². The zero-order valence-corrected chi connectivity index (χ0v) is 9.08. The fourth-order valence-corrected chi connectivity index (χ4v) is 1.76. The van der Waals surface area contributed by atoms with E-state index in [2.05, 4.69) is 20.9 Å². The van der Waals surface area contributed by atoms with Gasteiger partial charge in [-0.1, -0.05) is 6.92 Å². The third-order valence-electron chi connectivity index (χ3n) is 1.87. The van der Waals surface area contributed by atoms with Crippen LogP contribution in [0.1, 0.15) is 25.0 Å². The van der Waals surface area contributed by atoms with Gasteiger partial charge in [-0.15, -0.1) is 0 Å². The molecule has 0 bridgehead atoms. The van der Waals surface area contributed by atoms with E-state index in [1.807, 2.05) is 0 Å². The van der Waals surface area contributed by atoms with Crippen LogP contribution in [0.4, 0.5) is 4.39 Å². The third kappa shape index (κ3) is 2.29. The van der Waals surface area contributed by atoms with Crippen molar-refractivity contribution in [3.8, 4) is 0 Å². The molecule has 1 aromatic heterocycles. The number of hydrogen-bond donors (Lipinski definition) is 1. The lowest BCUT2D eigenvalue weighted by Gasteiger charge is -2.10. The quantitative estimate of drug-likeness (QED) is 0.910. The summed E-state index contributed by atoms with van der Waals surface area (Å²) in [6, 6.07) is 1.22. The molecule has 0 fully saturated rings. The van der Waals surface area contributed by atoms with E-state index in [0.29, 0.717) is 16.6 Å². The molecule has 1 aromatic rings. The second-order valence-electron chi connectivity index (χ2n) is 2.82. The van der Waals surface area contributed by atoms with E-state index in [4.69, 9.17) is 5.11 Å². The van der Waals surface area contributed by atoms with E-state index in [1.54, 1.807) is 6.92 Å². The standard InChI is InChI=1S/C9H9BrFNO2/c1-2-6(9(13)14)8-7(10)3-5(11)4-12-8/h3-4,6H,2H2,1H3,(H,13,14). The Morgan fingerprint density at radius 3 is 2.86 bits per heavy atom. The number of aliphatic carboxylic acids is 1. The molecule has 1 heterocycles. The van der Waals surface area contributed by atoms with Gasteiger partial charge in [0.2, 0.25) is 0 Å². The summed E-state index contributed by atoms with van der Waals surface area (Å²) in [7, 11) is 0. The minimum atomic E-state index is -0.952. The maximum absolute atomic E-state index is 12.7. The summed E-state index contributed by atoms with van der Waals surface area (Å²) in [5, 5.41) is 8.87. The molecule has 0 aromatic carbocycles. The second kappa shape index (κ2) is 4.50. The van der Waals surface area contributed by atoms with Crippen molar-refractivity contribution in [1.82, 2.24) is 4.98 Å². The van der Waals surface area contributed by atoms with Crippen molar-refractivity contribution in [3.63, 3.8) is 0 Å². The molecule has 0 saturated carbocycles. The molecule has 0 radical (unpaired) electrons. The first-order valence-corrected chi connectivity index (χ1v) is 4.89. The van der Waals surface area contributed by atoms with Crippen LogP contribution in [-0.2, 0) is 4.79 Å². The Labute approximate surface area is 89.1 Å². The molecule has 5 heteroatoms. The van der Waals surface area contributed by atoms with Gasteiger partial charge in [0.05, 0.1) is 17.8 Å². The van der Waals surface area contributed by atoms with E-state index in [0.717, 1.165) is 6.20 Å². The van der Waals surface area contributed by atoms with Gasteiger partial charge in [0.15, 0.2) is 0 Å². The first-order chi connectivity index (χ1) is 6.56. The Morgan fingerprint density at radius 2 is 2.43 bits per heavy atom. The SMILES string of the molecule is CCC(C(=O)O)c1ncc(F)cc1Br. The zero-order chi connectivity index (χ0) is 10.7. The monoisotopic (exact) mass is 261 g/mol. The van der Waals surface area contributed by atoms with Gasteiger partial charge < -0.3 is 5.11 Å². The minimum Gasteiger partial charge on any atom is -0.481 e. The van der Waals surface area contributed by atoms with Gasteiger partial charge in [-0.25, -0.2) is 4.39 Å². The van der Waals surface area contributed by atoms with E-state index in [-0.39, 0.29) is 0 Å². The van der Waals surface area contributed by atoms with Crippen LogP contribution in [0.25, 0.3) is 0 Å². The summed E-state index contributed by atoms with van der Waals surface area (Å²) in [4.78, 5) is 14.6. The molecule has 14 heavy (non-hydrogen) atoms. The lowest BCUT2D eigenvalue weighted by atomic mass is 10.0. The number of halogens is 2. The van der Waals surface area contributed by atoms with Crippen LogP contribution >= 0.6 is 15.9 Å². The van der Waals surface area contributed by atoms with E-state index >= 15 is 0 Å². The summed E-state index contributed by atoms with van der Waals surface area (Å²) >= 11 is 3.09. The van der Waals surface area contributed by atoms with Gasteiger partial charge in [0.1, 0.15) is 5.82 Å². The largest absolute Gasteiger partial charge is 0.481 e. The van der Waals surface area contributed by atoms with Crippen molar-refractivity contribution in [1.29, 1.82) is 0 Å². The Kier molecular flexibility index (Phi) is 3.57. The topological polar surface area (TPSA) is 50.2 Å². The number of carbonyl (C=O) groups is 1. The van der Waals surface area contributed by atoms with Crippen LogP contribution in [-0.4, -0.2) is 16.1 Å². The summed E-state index contributed by atoms with van der Waals surface area (Å²) in [6.45, 7) is 1.75. The Hall–Kier alpha value is -0.970. The molecule has 0 spiro atoms. The average Bonchev–Trinajstić information content (AvgIpc) is 2.09. The van der Waals surface area contributed by atoms with Gasteiger partial charge in [0.25, 0.3) is 0 Å². The highest BCUT2D eigenvalue weighted by Crippen LogP contribution is 2.25. The summed E-state index contributed by atoms with van der Waals surface area (Å²) in [5.41, 5.74) is 0.362. The highest BCUT2D eigenvalue weighted by atomic mass is 79.9. The van der Waals surface area contributed by atoms with E-state index in [1.165, 1.54) is 6.07 Å². The van der Waals surface area contributed by atoms with Crippen molar-refractivity contribution in [2.75, 3.05) is 0 Å². The van der Waals surface area contributed by atoms with Crippen molar-refractivity contribution >= 4 is 21.9 Å². The molecular weight excluding hydrogens is 253 g/mol. The zero-order valence-electron chi connectivity index (χ0n) is 7.50. The normalized spacial score (nSPS) is 12.5. The molecule has 0 aliphatic rings. The summed E-state index contributed by atoms with van der Waals surface area (Å²) in [5.74, 6) is -2.13. The molecule has 0 saturated heterocycles. The number of pyridine rings is 1. The maximum Gasteiger partial charge on any atom is 0.312 e. The molecule has 1 unspecified atom stereocenters. The molecule has 0 aliphatic carbocycles. The first-order valence-electron chi connectivity index (χ1n) is 4.10. The predicted molar refractivity (Wildman–Crippen MR) is 52.6 cm³/mol. The molecule has 0 amide bonds. The highest BCUT2D eigenvalue weighted by Gasteiger charge is 2.21. The lowest BCUT2D eigenvalue weighted by Crippen LogP contribution is -2.12. The van der Waals surface area contributed by atoms with Crippen LogP contribution in [0.5, 0.6) is 0 Å². The van der Waals surface area contributed by atoms with Crippen molar-refractivity contribution in [2.45, 2.75) is 19.3 Å². The van der Waals surface area contributed by atoms with Gasteiger partial charge >= 0.3 is 5.97 Å². The van der Waals surface area contributed by atoms with E-state index in [9.17, 15) is 9.18 Å². The average molecular weight is 262 g/mol. The highest BCUT2D eigenvalue weighted by molar-refractivity contribution is 9.10. The third-order valence-corrected chi connectivity index (χ3v) is 2.51. The Balaban J connectivity index is 3.10. The van der Waals surface area contributed by atoms with Crippen LogP contribution in [0.3, 0.4) is 0 Å².